The minimum absolute atomic E-state index is 0.514. The van der Waals surface area contributed by atoms with Gasteiger partial charge in [0.15, 0.2) is 0 Å². The van der Waals surface area contributed by atoms with Gasteiger partial charge in [-0.3, -0.25) is 0 Å². The van der Waals surface area contributed by atoms with Gasteiger partial charge in [0.05, 0.1) is 5.69 Å². The van der Waals surface area contributed by atoms with E-state index in [0.717, 1.165) is 34.0 Å². The number of aromatic nitrogens is 1. The van der Waals surface area contributed by atoms with E-state index in [1.54, 1.807) is 0 Å². The fraction of sp³-hybridized carbons (Fsp3) is 0.120. The molecule has 4 rings (SSSR count). The highest BCUT2D eigenvalue weighted by Crippen LogP contribution is 2.36. The van der Waals surface area contributed by atoms with E-state index in [4.69, 9.17) is 16.3 Å². The maximum atomic E-state index is 6.35. The SMILES string of the molecule is Cc1cccc(-n2c(C)ccc2-c2cc(Cl)ccc2OCc2ccccc2)c1. The summed E-state index contributed by atoms with van der Waals surface area (Å²) in [5.74, 6) is 0.820. The van der Waals surface area contributed by atoms with Gasteiger partial charge in [0.2, 0.25) is 0 Å². The van der Waals surface area contributed by atoms with Gasteiger partial charge in [-0.15, -0.1) is 0 Å². The Labute approximate surface area is 171 Å². The molecule has 0 saturated carbocycles. The van der Waals surface area contributed by atoms with Gasteiger partial charge in [-0.05, 0) is 67.4 Å². The average Bonchev–Trinajstić information content (AvgIpc) is 3.09. The van der Waals surface area contributed by atoms with Crippen molar-refractivity contribution in [3.05, 3.63) is 107 Å². The molecule has 0 N–H and O–H groups in total. The molecule has 3 heteroatoms. The Morgan fingerprint density at radius 2 is 1.64 bits per heavy atom. The lowest BCUT2D eigenvalue weighted by Crippen LogP contribution is -2.02. The second kappa shape index (κ2) is 7.95. The van der Waals surface area contributed by atoms with Crippen LogP contribution >= 0.6 is 11.6 Å². The average molecular weight is 388 g/mol. The number of ether oxygens (including phenoxy) is 1. The normalized spacial score (nSPS) is 10.8. The summed E-state index contributed by atoms with van der Waals surface area (Å²) < 4.78 is 8.43. The van der Waals surface area contributed by atoms with Crippen LogP contribution in [0.5, 0.6) is 5.75 Å². The Balaban J connectivity index is 1.77. The van der Waals surface area contributed by atoms with Crippen molar-refractivity contribution in [2.75, 3.05) is 0 Å². The second-order valence-corrected chi connectivity index (χ2v) is 7.39. The van der Waals surface area contributed by atoms with Crippen molar-refractivity contribution in [1.82, 2.24) is 4.57 Å². The minimum Gasteiger partial charge on any atom is -0.488 e. The summed E-state index contributed by atoms with van der Waals surface area (Å²) in [5.41, 5.74) is 6.70. The Morgan fingerprint density at radius 1 is 0.821 bits per heavy atom. The third-order valence-corrected chi connectivity index (χ3v) is 5.03. The third kappa shape index (κ3) is 3.83. The lowest BCUT2D eigenvalue weighted by molar-refractivity contribution is 0.307. The smallest absolute Gasteiger partial charge is 0.129 e. The molecule has 0 radical (unpaired) electrons. The maximum absolute atomic E-state index is 6.35. The molecule has 28 heavy (non-hydrogen) atoms. The van der Waals surface area contributed by atoms with Gasteiger partial charge in [-0.1, -0.05) is 54.1 Å². The molecule has 0 saturated heterocycles. The standard InChI is InChI=1S/C25H22ClNO/c1-18-7-6-10-22(15-18)27-19(2)11-13-24(27)23-16-21(26)12-14-25(23)28-17-20-8-4-3-5-9-20/h3-16H,17H2,1-2H3. The van der Waals surface area contributed by atoms with E-state index in [2.05, 4.69) is 66.9 Å². The molecule has 0 bridgehead atoms. The molecule has 1 aromatic heterocycles. The molecule has 0 unspecified atom stereocenters. The van der Waals surface area contributed by atoms with Gasteiger partial charge in [0, 0.05) is 22.0 Å². The Kier molecular flexibility index (Phi) is 5.23. The minimum atomic E-state index is 0.514. The Morgan fingerprint density at radius 3 is 2.43 bits per heavy atom. The second-order valence-electron chi connectivity index (χ2n) is 6.95. The van der Waals surface area contributed by atoms with Crippen LogP contribution in [0.2, 0.25) is 5.02 Å². The van der Waals surface area contributed by atoms with E-state index in [9.17, 15) is 0 Å². The van der Waals surface area contributed by atoms with Crippen molar-refractivity contribution in [3.63, 3.8) is 0 Å². The van der Waals surface area contributed by atoms with Crippen molar-refractivity contribution >= 4 is 11.6 Å². The topological polar surface area (TPSA) is 14.2 Å². The zero-order valence-electron chi connectivity index (χ0n) is 16.0. The van der Waals surface area contributed by atoms with Gasteiger partial charge in [0.25, 0.3) is 0 Å². The molecule has 0 atom stereocenters. The molecule has 3 aromatic carbocycles. The highest BCUT2D eigenvalue weighted by atomic mass is 35.5. The van der Waals surface area contributed by atoms with Gasteiger partial charge in [-0.25, -0.2) is 0 Å². The number of aryl methyl sites for hydroxylation is 2. The Hall–Kier alpha value is -2.97. The first-order chi connectivity index (χ1) is 13.6. The highest BCUT2D eigenvalue weighted by molar-refractivity contribution is 6.31. The lowest BCUT2D eigenvalue weighted by Gasteiger charge is -2.16. The third-order valence-electron chi connectivity index (χ3n) is 4.79. The summed E-state index contributed by atoms with van der Waals surface area (Å²) in [7, 11) is 0. The molecule has 0 fully saturated rings. The van der Waals surface area contributed by atoms with Gasteiger partial charge in [-0.2, -0.15) is 0 Å². The quantitative estimate of drug-likeness (QED) is 0.359. The number of halogens is 1. The summed E-state index contributed by atoms with van der Waals surface area (Å²) in [4.78, 5) is 0. The Bertz CT molecular complexity index is 1100. The molecule has 0 spiro atoms. The van der Waals surface area contributed by atoms with Gasteiger partial charge in [0.1, 0.15) is 12.4 Å². The summed E-state index contributed by atoms with van der Waals surface area (Å²) >= 11 is 6.35. The summed E-state index contributed by atoms with van der Waals surface area (Å²) in [6.07, 6.45) is 0. The van der Waals surface area contributed by atoms with Crippen LogP contribution in [-0.4, -0.2) is 4.57 Å². The molecule has 0 amide bonds. The fourth-order valence-electron chi connectivity index (χ4n) is 3.42. The summed E-state index contributed by atoms with van der Waals surface area (Å²) in [6, 6.07) is 28.7. The van der Waals surface area contributed by atoms with Crippen molar-refractivity contribution in [2.45, 2.75) is 20.5 Å². The van der Waals surface area contributed by atoms with Crippen LogP contribution in [0.15, 0.2) is 84.9 Å². The molecule has 0 aliphatic carbocycles. The number of rotatable bonds is 5. The van der Waals surface area contributed by atoms with Crippen LogP contribution in [0.25, 0.3) is 16.9 Å². The molecule has 0 aliphatic heterocycles. The van der Waals surface area contributed by atoms with Gasteiger partial charge >= 0.3 is 0 Å². The van der Waals surface area contributed by atoms with Crippen LogP contribution in [0.4, 0.5) is 0 Å². The fourth-order valence-corrected chi connectivity index (χ4v) is 3.59. The van der Waals surface area contributed by atoms with E-state index in [-0.39, 0.29) is 0 Å². The predicted molar refractivity (Wildman–Crippen MR) is 116 cm³/mol. The molecular formula is C25H22ClNO. The van der Waals surface area contributed by atoms with E-state index in [1.807, 2.05) is 36.4 Å². The number of nitrogens with zero attached hydrogens (tertiary/aromatic N) is 1. The van der Waals surface area contributed by atoms with E-state index < -0.39 is 0 Å². The monoisotopic (exact) mass is 387 g/mol. The van der Waals surface area contributed by atoms with Crippen molar-refractivity contribution in [3.8, 4) is 22.7 Å². The number of benzene rings is 3. The van der Waals surface area contributed by atoms with E-state index in [0.29, 0.717) is 11.6 Å². The number of hydrogen-bond acceptors (Lipinski definition) is 1. The maximum Gasteiger partial charge on any atom is 0.129 e. The van der Waals surface area contributed by atoms with Crippen LogP contribution in [-0.2, 0) is 6.61 Å². The largest absolute Gasteiger partial charge is 0.488 e. The molecule has 2 nitrogen and oxygen atoms in total. The van der Waals surface area contributed by atoms with Crippen LogP contribution in [0.1, 0.15) is 16.8 Å². The van der Waals surface area contributed by atoms with Crippen LogP contribution in [0, 0.1) is 13.8 Å². The first-order valence-corrected chi connectivity index (χ1v) is 9.71. The van der Waals surface area contributed by atoms with Crippen molar-refractivity contribution in [2.24, 2.45) is 0 Å². The molecule has 4 aromatic rings. The summed E-state index contributed by atoms with van der Waals surface area (Å²) in [5, 5.41) is 0.691. The number of hydrogen-bond donors (Lipinski definition) is 0. The zero-order chi connectivity index (χ0) is 19.5. The van der Waals surface area contributed by atoms with E-state index >= 15 is 0 Å². The van der Waals surface area contributed by atoms with Gasteiger partial charge < -0.3 is 9.30 Å². The predicted octanol–water partition coefficient (Wildman–Crippen LogP) is 6.99. The molecule has 0 aliphatic rings. The highest BCUT2D eigenvalue weighted by Gasteiger charge is 2.15. The molecule has 140 valence electrons. The molecular weight excluding hydrogens is 366 g/mol. The van der Waals surface area contributed by atoms with E-state index in [1.165, 1.54) is 5.56 Å². The zero-order valence-corrected chi connectivity index (χ0v) is 16.8. The first-order valence-electron chi connectivity index (χ1n) is 9.34. The molecule has 1 heterocycles. The lowest BCUT2D eigenvalue weighted by atomic mass is 10.1. The first kappa shape index (κ1) is 18.4. The van der Waals surface area contributed by atoms with Crippen LogP contribution in [0.3, 0.4) is 0 Å². The summed E-state index contributed by atoms with van der Waals surface area (Å²) in [6.45, 7) is 4.73. The van der Waals surface area contributed by atoms with Crippen molar-refractivity contribution in [1.29, 1.82) is 0 Å². The van der Waals surface area contributed by atoms with Crippen LogP contribution < -0.4 is 4.74 Å². The van der Waals surface area contributed by atoms with Crippen molar-refractivity contribution < 1.29 is 4.74 Å².